The molecule has 2 amide bonds. The van der Waals surface area contributed by atoms with Crippen molar-refractivity contribution in [2.75, 3.05) is 45.2 Å². The Morgan fingerprint density at radius 2 is 1.43 bits per heavy atom. The molecule has 0 aromatic heterocycles. The molecule has 0 atom stereocenters. The van der Waals surface area contributed by atoms with Crippen molar-refractivity contribution in [3.8, 4) is 23.0 Å². The number of hydrogen-bond acceptors (Lipinski definition) is 6. The zero-order valence-corrected chi connectivity index (χ0v) is 16.6. The summed E-state index contributed by atoms with van der Waals surface area (Å²) in [6, 6.07) is 10.0. The lowest BCUT2D eigenvalue weighted by Crippen LogP contribution is -2.37. The largest absolute Gasteiger partial charge is 0.497 e. The van der Waals surface area contributed by atoms with Crippen LogP contribution in [0.1, 0.15) is 6.92 Å². The van der Waals surface area contributed by atoms with Crippen LogP contribution in [0, 0.1) is 0 Å². The number of ether oxygens (including phenoxy) is 4. The first-order chi connectivity index (χ1) is 13.4. The molecule has 0 saturated heterocycles. The van der Waals surface area contributed by atoms with Crippen LogP contribution in [0.2, 0.25) is 0 Å². The highest BCUT2D eigenvalue weighted by molar-refractivity contribution is 6.03. The average molecular weight is 388 g/mol. The van der Waals surface area contributed by atoms with Gasteiger partial charge in [0.05, 0.1) is 39.8 Å². The van der Waals surface area contributed by atoms with Gasteiger partial charge in [-0.3, -0.25) is 14.5 Å². The number of carbonyl (C=O) groups is 2. The number of carbonyl (C=O) groups excluding carboxylic acids is 2. The van der Waals surface area contributed by atoms with E-state index in [0.717, 1.165) is 0 Å². The fraction of sp³-hybridized carbons (Fsp3) is 0.300. The summed E-state index contributed by atoms with van der Waals surface area (Å²) in [6.07, 6.45) is 0. The lowest BCUT2D eigenvalue weighted by molar-refractivity contribution is -0.120. The van der Waals surface area contributed by atoms with Gasteiger partial charge < -0.3 is 24.3 Å². The number of methoxy groups -OCH3 is 4. The molecule has 0 unspecified atom stereocenters. The molecule has 0 saturated carbocycles. The first-order valence-electron chi connectivity index (χ1n) is 8.45. The number of amides is 2. The van der Waals surface area contributed by atoms with Crippen molar-refractivity contribution in [2.24, 2.45) is 0 Å². The van der Waals surface area contributed by atoms with E-state index in [1.165, 1.54) is 33.2 Å². The average Bonchev–Trinajstić information content (AvgIpc) is 2.71. The van der Waals surface area contributed by atoms with Gasteiger partial charge >= 0.3 is 0 Å². The number of anilines is 2. The van der Waals surface area contributed by atoms with Crippen LogP contribution in [-0.2, 0) is 9.59 Å². The van der Waals surface area contributed by atoms with E-state index in [1.54, 1.807) is 43.5 Å². The van der Waals surface area contributed by atoms with E-state index in [9.17, 15) is 9.59 Å². The third kappa shape index (κ3) is 4.85. The maximum atomic E-state index is 12.6. The minimum absolute atomic E-state index is 0.201. The van der Waals surface area contributed by atoms with E-state index in [-0.39, 0.29) is 12.5 Å². The first-order valence-corrected chi connectivity index (χ1v) is 8.45. The first kappa shape index (κ1) is 20.9. The van der Waals surface area contributed by atoms with Gasteiger partial charge in [0.25, 0.3) is 0 Å². The highest BCUT2D eigenvalue weighted by Gasteiger charge is 2.21. The lowest BCUT2D eigenvalue weighted by Gasteiger charge is -2.23. The van der Waals surface area contributed by atoms with Crippen LogP contribution >= 0.6 is 0 Å². The number of hydrogen-bond donors (Lipinski definition) is 1. The van der Waals surface area contributed by atoms with Crippen molar-refractivity contribution < 1.29 is 28.5 Å². The molecule has 0 bridgehead atoms. The monoisotopic (exact) mass is 388 g/mol. The van der Waals surface area contributed by atoms with E-state index in [2.05, 4.69) is 5.32 Å². The van der Waals surface area contributed by atoms with E-state index in [4.69, 9.17) is 18.9 Å². The van der Waals surface area contributed by atoms with Gasteiger partial charge in [0.15, 0.2) is 0 Å². The van der Waals surface area contributed by atoms with Crippen molar-refractivity contribution in [1.29, 1.82) is 0 Å². The molecule has 0 aliphatic carbocycles. The van der Waals surface area contributed by atoms with Crippen LogP contribution in [0.5, 0.6) is 23.0 Å². The molecule has 2 aromatic carbocycles. The van der Waals surface area contributed by atoms with Crippen molar-refractivity contribution in [1.82, 2.24) is 0 Å². The van der Waals surface area contributed by atoms with Gasteiger partial charge in [-0.05, 0) is 24.3 Å². The fourth-order valence-electron chi connectivity index (χ4n) is 2.61. The molecule has 0 aliphatic rings. The van der Waals surface area contributed by atoms with Crippen LogP contribution in [0.25, 0.3) is 0 Å². The Bertz CT molecular complexity index is 853. The van der Waals surface area contributed by atoms with Gasteiger partial charge in [-0.1, -0.05) is 0 Å². The van der Waals surface area contributed by atoms with Gasteiger partial charge in [-0.2, -0.15) is 0 Å². The van der Waals surface area contributed by atoms with Gasteiger partial charge in [0.2, 0.25) is 11.8 Å². The minimum atomic E-state index is -0.392. The molecule has 0 aliphatic heterocycles. The lowest BCUT2D eigenvalue weighted by atomic mass is 10.2. The van der Waals surface area contributed by atoms with E-state index < -0.39 is 5.91 Å². The molecular formula is C20H24N2O6. The number of nitrogens with one attached hydrogen (secondary N) is 1. The Kier molecular flexibility index (Phi) is 7.08. The fourth-order valence-corrected chi connectivity index (χ4v) is 2.61. The molecule has 2 aromatic rings. The van der Waals surface area contributed by atoms with E-state index >= 15 is 0 Å². The summed E-state index contributed by atoms with van der Waals surface area (Å²) in [4.78, 5) is 26.1. The summed E-state index contributed by atoms with van der Waals surface area (Å²) >= 11 is 0. The molecule has 150 valence electrons. The summed E-state index contributed by atoms with van der Waals surface area (Å²) < 4.78 is 20.9. The molecule has 1 N–H and O–H groups in total. The SMILES string of the molecule is COc1ccc(NC(=O)CN(C(C)=O)c2ccc(OC)cc2OC)c(OC)c1. The van der Waals surface area contributed by atoms with Gasteiger partial charge in [0, 0.05) is 19.1 Å². The quantitative estimate of drug-likeness (QED) is 0.748. The Hall–Kier alpha value is -3.42. The van der Waals surface area contributed by atoms with E-state index in [0.29, 0.717) is 34.4 Å². The molecule has 28 heavy (non-hydrogen) atoms. The summed E-state index contributed by atoms with van der Waals surface area (Å²) in [6.45, 7) is 1.18. The Balaban J connectivity index is 2.24. The highest BCUT2D eigenvalue weighted by Crippen LogP contribution is 2.33. The number of nitrogens with zero attached hydrogens (tertiary/aromatic N) is 1. The smallest absolute Gasteiger partial charge is 0.244 e. The van der Waals surface area contributed by atoms with E-state index in [1.807, 2.05) is 0 Å². The zero-order valence-electron chi connectivity index (χ0n) is 16.6. The molecule has 2 rings (SSSR count). The molecule has 8 nitrogen and oxygen atoms in total. The Labute approximate surface area is 163 Å². The summed E-state index contributed by atoms with van der Waals surface area (Å²) in [7, 11) is 6.06. The second-order valence-electron chi connectivity index (χ2n) is 5.76. The Morgan fingerprint density at radius 3 is 1.96 bits per heavy atom. The standard InChI is InChI=1S/C20H24N2O6/c1-13(23)22(17-9-7-15(26-3)11-19(17)28-5)12-20(24)21-16-8-6-14(25-2)10-18(16)27-4/h6-11H,12H2,1-5H3,(H,21,24). The molecule has 0 radical (unpaired) electrons. The molecule has 0 fully saturated rings. The Morgan fingerprint density at radius 1 is 0.857 bits per heavy atom. The summed E-state index contributed by atoms with van der Waals surface area (Å²) in [5, 5.41) is 2.75. The minimum Gasteiger partial charge on any atom is -0.497 e. The topological polar surface area (TPSA) is 86.3 Å². The van der Waals surface area contributed by atoms with Crippen molar-refractivity contribution in [3.05, 3.63) is 36.4 Å². The van der Waals surface area contributed by atoms with Crippen LogP contribution in [0.3, 0.4) is 0 Å². The van der Waals surface area contributed by atoms with Crippen LogP contribution < -0.4 is 29.2 Å². The molecular weight excluding hydrogens is 364 g/mol. The number of rotatable bonds is 8. The van der Waals surface area contributed by atoms with Gasteiger partial charge in [-0.15, -0.1) is 0 Å². The second kappa shape index (κ2) is 9.50. The van der Waals surface area contributed by atoms with Crippen molar-refractivity contribution in [2.45, 2.75) is 6.92 Å². The normalized spacial score (nSPS) is 10.0. The molecule has 0 heterocycles. The highest BCUT2D eigenvalue weighted by atomic mass is 16.5. The zero-order chi connectivity index (χ0) is 20.7. The summed E-state index contributed by atoms with van der Waals surface area (Å²) in [5.41, 5.74) is 0.936. The van der Waals surface area contributed by atoms with Crippen LogP contribution in [0.4, 0.5) is 11.4 Å². The predicted octanol–water partition coefficient (Wildman–Crippen LogP) is 2.71. The van der Waals surface area contributed by atoms with Gasteiger partial charge in [-0.25, -0.2) is 0 Å². The molecule has 0 spiro atoms. The molecule has 8 heteroatoms. The third-order valence-electron chi connectivity index (χ3n) is 4.04. The maximum Gasteiger partial charge on any atom is 0.244 e. The maximum absolute atomic E-state index is 12.6. The van der Waals surface area contributed by atoms with Crippen molar-refractivity contribution in [3.63, 3.8) is 0 Å². The second-order valence-corrected chi connectivity index (χ2v) is 5.76. The van der Waals surface area contributed by atoms with Crippen LogP contribution in [-0.4, -0.2) is 46.8 Å². The van der Waals surface area contributed by atoms with Crippen molar-refractivity contribution >= 4 is 23.2 Å². The predicted molar refractivity (Wildman–Crippen MR) is 106 cm³/mol. The third-order valence-corrected chi connectivity index (χ3v) is 4.04. The summed E-state index contributed by atoms with van der Waals surface area (Å²) in [5.74, 6) is 1.35. The van der Waals surface area contributed by atoms with Crippen LogP contribution in [0.15, 0.2) is 36.4 Å². The number of benzene rings is 2. The van der Waals surface area contributed by atoms with Gasteiger partial charge in [0.1, 0.15) is 29.5 Å².